The molecule has 0 spiro atoms. The molecule has 1 aromatic rings. The highest BCUT2D eigenvalue weighted by molar-refractivity contribution is 14.0. The molecular weight excluding hydrogens is 487 g/mol. The average molecular weight is 522 g/mol. The van der Waals surface area contributed by atoms with Crippen LogP contribution in [0.4, 0.5) is 0 Å². The van der Waals surface area contributed by atoms with E-state index in [1.807, 2.05) is 39.8 Å². The van der Waals surface area contributed by atoms with Crippen LogP contribution in [0.25, 0.3) is 0 Å². The summed E-state index contributed by atoms with van der Waals surface area (Å²) in [6.45, 7) is 9.88. The van der Waals surface area contributed by atoms with Crippen LogP contribution in [-0.2, 0) is 11.3 Å². The van der Waals surface area contributed by atoms with Gasteiger partial charge < -0.3 is 30.2 Å². The number of carbonyl (C=O) groups is 1. The van der Waals surface area contributed by atoms with Crippen molar-refractivity contribution >= 4 is 35.8 Å². The summed E-state index contributed by atoms with van der Waals surface area (Å²) < 4.78 is 16.1. The molecule has 1 amide bonds. The van der Waals surface area contributed by atoms with Gasteiger partial charge in [-0.15, -0.1) is 24.0 Å². The van der Waals surface area contributed by atoms with Gasteiger partial charge in [-0.2, -0.15) is 0 Å². The van der Waals surface area contributed by atoms with Crippen LogP contribution < -0.4 is 30.2 Å². The van der Waals surface area contributed by atoms with E-state index < -0.39 is 5.41 Å². The number of nitrogens with zero attached hydrogens (tertiary/aromatic N) is 1. The summed E-state index contributed by atoms with van der Waals surface area (Å²) in [4.78, 5) is 16.8. The Morgan fingerprint density at radius 2 is 1.52 bits per heavy atom. The molecule has 0 atom stereocenters. The summed E-state index contributed by atoms with van der Waals surface area (Å²) in [6.07, 6.45) is 0. The van der Waals surface area contributed by atoms with E-state index in [1.54, 1.807) is 21.3 Å². The molecule has 0 saturated carbocycles. The molecule has 0 unspecified atom stereocenters. The molecule has 29 heavy (non-hydrogen) atoms. The third-order valence-corrected chi connectivity index (χ3v) is 4.14. The number of rotatable bonds is 10. The van der Waals surface area contributed by atoms with Crippen molar-refractivity contribution in [3.8, 4) is 17.2 Å². The summed E-state index contributed by atoms with van der Waals surface area (Å²) in [6, 6.07) is 3.74. The number of hydrogen-bond donors (Lipinski definition) is 3. The lowest BCUT2D eigenvalue weighted by molar-refractivity contribution is -0.128. The molecule has 0 aliphatic heterocycles. The van der Waals surface area contributed by atoms with Crippen molar-refractivity contribution in [2.75, 3.05) is 41.0 Å². The first-order chi connectivity index (χ1) is 13.3. The van der Waals surface area contributed by atoms with E-state index in [0.29, 0.717) is 49.4 Å². The average Bonchev–Trinajstić information content (AvgIpc) is 2.69. The SMILES string of the molecule is CCNC(=O)C(C)(C)CNC(=NCc1cc(OC)c(OC)c(OC)c1)NCC.I. The maximum Gasteiger partial charge on any atom is 0.227 e. The van der Waals surface area contributed by atoms with Gasteiger partial charge in [0, 0.05) is 19.6 Å². The van der Waals surface area contributed by atoms with Crippen molar-refractivity contribution in [2.45, 2.75) is 34.2 Å². The van der Waals surface area contributed by atoms with Crippen LogP contribution in [0.1, 0.15) is 33.3 Å². The Kier molecular flexibility index (Phi) is 12.5. The summed E-state index contributed by atoms with van der Waals surface area (Å²) in [7, 11) is 4.74. The molecular formula is C20H35IN4O4. The number of benzene rings is 1. The number of nitrogens with one attached hydrogen (secondary N) is 3. The Morgan fingerprint density at radius 3 is 1.97 bits per heavy atom. The number of methoxy groups -OCH3 is 3. The molecule has 1 rings (SSSR count). The largest absolute Gasteiger partial charge is 0.493 e. The Labute approximate surface area is 191 Å². The van der Waals surface area contributed by atoms with Gasteiger partial charge in [0.2, 0.25) is 11.7 Å². The molecule has 0 heterocycles. The first kappa shape index (κ1) is 27.1. The standard InChI is InChI=1S/C20H34N4O4.HI/c1-8-21-18(25)20(3,4)13-24-19(22-9-2)23-12-14-10-15(26-5)17(28-7)16(11-14)27-6;/h10-11H,8-9,12-13H2,1-7H3,(H,21,25)(H2,22,23,24);1H. The smallest absolute Gasteiger partial charge is 0.227 e. The number of hydrogen-bond acceptors (Lipinski definition) is 5. The fraction of sp³-hybridized carbons (Fsp3) is 0.600. The van der Waals surface area contributed by atoms with Crippen LogP contribution in [0.15, 0.2) is 17.1 Å². The predicted molar refractivity (Wildman–Crippen MR) is 127 cm³/mol. The van der Waals surface area contributed by atoms with Gasteiger partial charge in [-0.05, 0) is 45.4 Å². The van der Waals surface area contributed by atoms with Crippen molar-refractivity contribution in [3.05, 3.63) is 17.7 Å². The first-order valence-electron chi connectivity index (χ1n) is 9.42. The van der Waals surface area contributed by atoms with E-state index >= 15 is 0 Å². The maximum absolute atomic E-state index is 12.2. The highest BCUT2D eigenvalue weighted by Crippen LogP contribution is 2.38. The van der Waals surface area contributed by atoms with Gasteiger partial charge in [0.25, 0.3) is 0 Å². The maximum atomic E-state index is 12.2. The molecule has 0 saturated heterocycles. The lowest BCUT2D eigenvalue weighted by atomic mass is 9.92. The Balaban J connectivity index is 0.00000784. The number of guanidine groups is 1. The quantitative estimate of drug-likeness (QED) is 0.249. The first-order valence-corrected chi connectivity index (χ1v) is 9.42. The number of ether oxygens (including phenoxy) is 3. The van der Waals surface area contributed by atoms with E-state index in [1.165, 1.54) is 0 Å². The second-order valence-corrected chi connectivity index (χ2v) is 6.83. The van der Waals surface area contributed by atoms with Gasteiger partial charge in [0.15, 0.2) is 17.5 Å². The van der Waals surface area contributed by atoms with Crippen LogP contribution in [0.5, 0.6) is 17.2 Å². The second-order valence-electron chi connectivity index (χ2n) is 6.83. The number of amides is 1. The number of aliphatic imine (C=N–C) groups is 1. The molecule has 166 valence electrons. The van der Waals surface area contributed by atoms with Crippen molar-refractivity contribution in [2.24, 2.45) is 10.4 Å². The van der Waals surface area contributed by atoms with E-state index in [4.69, 9.17) is 14.2 Å². The van der Waals surface area contributed by atoms with Gasteiger partial charge >= 0.3 is 0 Å². The lowest BCUT2D eigenvalue weighted by Gasteiger charge is -2.24. The highest BCUT2D eigenvalue weighted by Gasteiger charge is 2.27. The zero-order chi connectivity index (χ0) is 21.2. The van der Waals surface area contributed by atoms with Crippen molar-refractivity contribution in [1.29, 1.82) is 0 Å². The summed E-state index contributed by atoms with van der Waals surface area (Å²) >= 11 is 0. The molecule has 3 N–H and O–H groups in total. The van der Waals surface area contributed by atoms with E-state index in [2.05, 4.69) is 20.9 Å². The summed E-state index contributed by atoms with van der Waals surface area (Å²) in [5.74, 6) is 2.35. The lowest BCUT2D eigenvalue weighted by Crippen LogP contribution is -2.47. The monoisotopic (exact) mass is 522 g/mol. The highest BCUT2D eigenvalue weighted by atomic mass is 127. The second kappa shape index (κ2) is 13.3. The van der Waals surface area contributed by atoms with Gasteiger partial charge in [-0.25, -0.2) is 4.99 Å². The van der Waals surface area contributed by atoms with E-state index in [0.717, 1.165) is 5.56 Å². The van der Waals surface area contributed by atoms with Crippen LogP contribution in [0.2, 0.25) is 0 Å². The summed E-state index contributed by atoms with van der Waals surface area (Å²) in [5.41, 5.74) is 0.355. The van der Waals surface area contributed by atoms with Gasteiger partial charge in [-0.3, -0.25) is 4.79 Å². The Bertz CT molecular complexity index is 655. The third-order valence-electron chi connectivity index (χ3n) is 4.14. The van der Waals surface area contributed by atoms with E-state index in [-0.39, 0.29) is 29.9 Å². The van der Waals surface area contributed by atoms with Gasteiger partial charge in [0.1, 0.15) is 0 Å². The molecule has 0 fully saturated rings. The molecule has 0 aromatic heterocycles. The zero-order valence-corrected chi connectivity index (χ0v) is 20.8. The number of halogens is 1. The fourth-order valence-electron chi connectivity index (χ4n) is 2.52. The third kappa shape index (κ3) is 8.15. The van der Waals surface area contributed by atoms with Crippen LogP contribution >= 0.6 is 24.0 Å². The predicted octanol–water partition coefficient (Wildman–Crippen LogP) is 2.55. The van der Waals surface area contributed by atoms with Crippen LogP contribution in [0.3, 0.4) is 0 Å². The van der Waals surface area contributed by atoms with E-state index in [9.17, 15) is 4.79 Å². The molecule has 0 aliphatic rings. The van der Waals surface area contributed by atoms with Crippen molar-refractivity contribution < 1.29 is 19.0 Å². The molecule has 0 bridgehead atoms. The molecule has 9 heteroatoms. The fourth-order valence-corrected chi connectivity index (χ4v) is 2.52. The normalized spacial score (nSPS) is 11.2. The Morgan fingerprint density at radius 1 is 0.966 bits per heavy atom. The van der Waals surface area contributed by atoms with Crippen LogP contribution in [-0.4, -0.2) is 52.8 Å². The van der Waals surface area contributed by atoms with Crippen molar-refractivity contribution in [1.82, 2.24) is 16.0 Å². The minimum absolute atomic E-state index is 0. The topological polar surface area (TPSA) is 93.2 Å². The van der Waals surface area contributed by atoms with Gasteiger partial charge in [0.05, 0.1) is 33.3 Å². The Hall–Kier alpha value is -1.91. The minimum atomic E-state index is -0.557. The molecule has 1 aromatic carbocycles. The minimum Gasteiger partial charge on any atom is -0.493 e. The van der Waals surface area contributed by atoms with Gasteiger partial charge in [-0.1, -0.05) is 0 Å². The number of carbonyl (C=O) groups excluding carboxylic acids is 1. The van der Waals surface area contributed by atoms with Crippen molar-refractivity contribution in [3.63, 3.8) is 0 Å². The summed E-state index contributed by atoms with van der Waals surface area (Å²) in [5, 5.41) is 9.29. The molecule has 0 aliphatic carbocycles. The molecule has 0 radical (unpaired) electrons. The zero-order valence-electron chi connectivity index (χ0n) is 18.5. The molecule has 8 nitrogen and oxygen atoms in total. The van der Waals surface area contributed by atoms with Crippen LogP contribution in [0, 0.1) is 5.41 Å².